The average molecular weight is 513 g/mol. The van der Waals surface area contributed by atoms with E-state index in [1.54, 1.807) is 29.2 Å². The summed E-state index contributed by atoms with van der Waals surface area (Å²) in [7, 11) is 0. The van der Waals surface area contributed by atoms with Crippen molar-refractivity contribution in [2.45, 2.75) is 39.8 Å². The Bertz CT molecular complexity index is 1140. The van der Waals surface area contributed by atoms with Crippen LogP contribution in [0.3, 0.4) is 0 Å². The lowest BCUT2D eigenvalue weighted by Crippen LogP contribution is -2.51. The van der Waals surface area contributed by atoms with E-state index in [1.165, 1.54) is 0 Å². The number of amides is 2. The largest absolute Gasteiger partial charge is 0.484 e. The molecule has 0 fully saturated rings. The number of ether oxygens (including phenoxy) is 1. The molecule has 35 heavy (non-hydrogen) atoms. The van der Waals surface area contributed by atoms with Crippen LogP contribution in [0.25, 0.3) is 0 Å². The maximum absolute atomic E-state index is 13.5. The molecule has 1 N–H and O–H groups in total. The number of rotatable bonds is 10. The number of carbonyl (C=O) groups excluding carboxylic acids is 2. The van der Waals surface area contributed by atoms with Gasteiger partial charge in [-0.05, 0) is 67.3 Å². The van der Waals surface area contributed by atoms with E-state index in [2.05, 4.69) is 5.32 Å². The van der Waals surface area contributed by atoms with Crippen molar-refractivity contribution in [2.24, 2.45) is 0 Å². The predicted molar refractivity (Wildman–Crippen MR) is 141 cm³/mol. The van der Waals surface area contributed by atoms with Gasteiger partial charge < -0.3 is 15.0 Å². The summed E-state index contributed by atoms with van der Waals surface area (Å²) in [6.07, 6.45) is 0.373. The van der Waals surface area contributed by atoms with Crippen molar-refractivity contribution >= 4 is 35.0 Å². The van der Waals surface area contributed by atoms with Gasteiger partial charge in [-0.15, -0.1) is 0 Å². The van der Waals surface area contributed by atoms with Gasteiger partial charge in [-0.1, -0.05) is 65.7 Å². The molecular formula is C28H30Cl2N2O3. The molecule has 3 rings (SSSR count). The third kappa shape index (κ3) is 7.48. The quantitative estimate of drug-likeness (QED) is 0.375. The Morgan fingerprint density at radius 3 is 2.23 bits per heavy atom. The van der Waals surface area contributed by atoms with E-state index in [4.69, 9.17) is 27.9 Å². The monoisotopic (exact) mass is 512 g/mol. The molecule has 0 bridgehead atoms. The van der Waals surface area contributed by atoms with Gasteiger partial charge in [-0.3, -0.25) is 9.59 Å². The second kappa shape index (κ2) is 12.6. The summed E-state index contributed by atoms with van der Waals surface area (Å²) in [6, 6.07) is 19.8. The Morgan fingerprint density at radius 2 is 1.60 bits per heavy atom. The number of carbonyl (C=O) groups is 2. The van der Waals surface area contributed by atoms with E-state index in [0.29, 0.717) is 28.8 Å². The van der Waals surface area contributed by atoms with Crippen molar-refractivity contribution in [2.75, 3.05) is 13.2 Å². The minimum Gasteiger partial charge on any atom is -0.484 e. The second-order valence-electron chi connectivity index (χ2n) is 8.41. The molecular weight excluding hydrogens is 483 g/mol. The third-order valence-corrected chi connectivity index (χ3v) is 6.47. The molecule has 3 aromatic carbocycles. The van der Waals surface area contributed by atoms with Gasteiger partial charge in [0.1, 0.15) is 11.8 Å². The molecule has 1 atom stereocenters. The number of benzene rings is 3. The minimum absolute atomic E-state index is 0.216. The van der Waals surface area contributed by atoms with Crippen LogP contribution in [-0.4, -0.2) is 35.9 Å². The Balaban J connectivity index is 1.90. The fourth-order valence-electron chi connectivity index (χ4n) is 3.90. The summed E-state index contributed by atoms with van der Waals surface area (Å²) < 4.78 is 5.86. The van der Waals surface area contributed by atoms with Gasteiger partial charge in [-0.2, -0.15) is 0 Å². The number of nitrogens with one attached hydrogen (secondary N) is 1. The number of aryl methyl sites for hydroxylation is 2. The van der Waals surface area contributed by atoms with Crippen LogP contribution in [0.4, 0.5) is 0 Å². The van der Waals surface area contributed by atoms with Crippen LogP contribution in [0, 0.1) is 13.8 Å². The fraction of sp³-hybridized carbons (Fsp3) is 0.286. The molecule has 3 aromatic rings. The maximum atomic E-state index is 13.5. The van der Waals surface area contributed by atoms with Crippen LogP contribution in [-0.2, 0) is 22.6 Å². The molecule has 0 aliphatic carbocycles. The van der Waals surface area contributed by atoms with Crippen molar-refractivity contribution in [3.8, 4) is 5.75 Å². The van der Waals surface area contributed by atoms with Gasteiger partial charge in [0.15, 0.2) is 6.61 Å². The predicted octanol–water partition coefficient (Wildman–Crippen LogP) is 5.77. The molecule has 0 heterocycles. The number of likely N-dealkylation sites (N-methyl/N-ethyl adjacent to an activating group) is 1. The molecule has 0 unspecified atom stereocenters. The number of hydrogen-bond donors (Lipinski definition) is 1. The Kier molecular flexibility index (Phi) is 9.58. The highest BCUT2D eigenvalue weighted by atomic mass is 35.5. The number of halogens is 2. The highest BCUT2D eigenvalue weighted by molar-refractivity contribution is 6.32. The molecule has 0 aliphatic heterocycles. The van der Waals surface area contributed by atoms with Crippen LogP contribution >= 0.6 is 23.2 Å². The normalized spacial score (nSPS) is 11.6. The third-order valence-electron chi connectivity index (χ3n) is 5.64. The van der Waals surface area contributed by atoms with Crippen molar-refractivity contribution < 1.29 is 14.3 Å². The fourth-order valence-corrected chi connectivity index (χ4v) is 4.22. The Hall–Kier alpha value is -3.02. The average Bonchev–Trinajstić information content (AvgIpc) is 2.84. The summed E-state index contributed by atoms with van der Waals surface area (Å²) in [4.78, 5) is 28.3. The second-order valence-corrected chi connectivity index (χ2v) is 9.23. The zero-order valence-corrected chi connectivity index (χ0v) is 21.7. The summed E-state index contributed by atoms with van der Waals surface area (Å²) >= 11 is 12.5. The van der Waals surface area contributed by atoms with Gasteiger partial charge in [0.2, 0.25) is 5.91 Å². The van der Waals surface area contributed by atoms with Crippen LogP contribution < -0.4 is 10.1 Å². The zero-order valence-electron chi connectivity index (χ0n) is 20.2. The first kappa shape index (κ1) is 26.6. The lowest BCUT2D eigenvalue weighted by atomic mass is 10.0. The van der Waals surface area contributed by atoms with Crippen LogP contribution in [0.5, 0.6) is 5.75 Å². The molecule has 5 nitrogen and oxygen atoms in total. The standard InChI is InChI=1S/C28H30Cl2N2O3/c1-4-31-28(34)25(16-21-9-6-5-7-10-21)32(17-22-11-8-12-23(29)15-22)26(33)18-35-24-13-19(2)27(30)20(3)14-24/h5-15,25H,4,16-18H2,1-3H3,(H,31,34)/t25-/m1/s1. The highest BCUT2D eigenvalue weighted by Crippen LogP contribution is 2.26. The van der Waals surface area contributed by atoms with Gasteiger partial charge in [0, 0.05) is 29.6 Å². The van der Waals surface area contributed by atoms with E-state index < -0.39 is 6.04 Å². The first-order valence-electron chi connectivity index (χ1n) is 11.5. The minimum atomic E-state index is -0.721. The smallest absolute Gasteiger partial charge is 0.261 e. The zero-order chi connectivity index (χ0) is 25.4. The lowest BCUT2D eigenvalue weighted by molar-refractivity contribution is -0.142. The Labute approximate surface area is 217 Å². The van der Waals surface area contributed by atoms with Crippen LogP contribution in [0.2, 0.25) is 10.0 Å². The van der Waals surface area contributed by atoms with Gasteiger partial charge >= 0.3 is 0 Å². The topological polar surface area (TPSA) is 58.6 Å². The van der Waals surface area contributed by atoms with Gasteiger partial charge in [-0.25, -0.2) is 0 Å². The number of nitrogens with zero attached hydrogens (tertiary/aromatic N) is 1. The SMILES string of the molecule is CCNC(=O)[C@@H](Cc1ccccc1)N(Cc1cccc(Cl)c1)C(=O)COc1cc(C)c(Cl)c(C)c1. The highest BCUT2D eigenvalue weighted by Gasteiger charge is 2.30. The molecule has 0 radical (unpaired) electrons. The van der Waals surface area contributed by atoms with Crippen molar-refractivity contribution in [1.82, 2.24) is 10.2 Å². The van der Waals surface area contributed by atoms with Gasteiger partial charge in [0.25, 0.3) is 5.91 Å². The maximum Gasteiger partial charge on any atom is 0.261 e. The van der Waals surface area contributed by atoms with E-state index in [9.17, 15) is 9.59 Å². The van der Waals surface area contributed by atoms with Crippen molar-refractivity contribution in [1.29, 1.82) is 0 Å². The van der Waals surface area contributed by atoms with Crippen LogP contribution in [0.1, 0.15) is 29.2 Å². The molecule has 184 valence electrons. The van der Waals surface area contributed by atoms with E-state index >= 15 is 0 Å². The molecule has 0 saturated carbocycles. The van der Waals surface area contributed by atoms with Crippen molar-refractivity contribution in [3.05, 3.63) is 99.0 Å². The first-order chi connectivity index (χ1) is 16.8. The molecule has 0 aromatic heterocycles. The van der Waals surface area contributed by atoms with E-state index in [-0.39, 0.29) is 25.0 Å². The first-order valence-corrected chi connectivity index (χ1v) is 12.3. The van der Waals surface area contributed by atoms with E-state index in [1.807, 2.05) is 63.2 Å². The van der Waals surface area contributed by atoms with E-state index in [0.717, 1.165) is 22.3 Å². The number of hydrogen-bond acceptors (Lipinski definition) is 3. The molecule has 0 saturated heterocycles. The molecule has 0 spiro atoms. The van der Waals surface area contributed by atoms with Crippen LogP contribution in [0.15, 0.2) is 66.7 Å². The molecule has 7 heteroatoms. The van der Waals surface area contributed by atoms with Gasteiger partial charge in [0.05, 0.1) is 0 Å². The lowest BCUT2D eigenvalue weighted by Gasteiger charge is -2.31. The molecule has 0 aliphatic rings. The summed E-state index contributed by atoms with van der Waals surface area (Å²) in [6.45, 7) is 6.10. The van der Waals surface area contributed by atoms with Crippen molar-refractivity contribution in [3.63, 3.8) is 0 Å². The summed E-state index contributed by atoms with van der Waals surface area (Å²) in [5.41, 5.74) is 3.52. The summed E-state index contributed by atoms with van der Waals surface area (Å²) in [5.74, 6) is 0.0328. The molecule has 2 amide bonds. The summed E-state index contributed by atoms with van der Waals surface area (Å²) in [5, 5.41) is 4.12. The Morgan fingerprint density at radius 1 is 0.943 bits per heavy atom.